The molecule has 4 heteroatoms. The molecule has 1 heterocycles. The maximum Gasteiger partial charge on any atom is 0.126 e. The Hall–Kier alpha value is -1.52. The van der Waals surface area contributed by atoms with Gasteiger partial charge in [-0.1, -0.05) is 28.1 Å². The van der Waals surface area contributed by atoms with Crippen LogP contribution in [0.15, 0.2) is 46.9 Å². The summed E-state index contributed by atoms with van der Waals surface area (Å²) in [4.78, 5) is 0. The van der Waals surface area contributed by atoms with Gasteiger partial charge >= 0.3 is 0 Å². The molecule has 104 valence electrons. The number of hydrogen-bond acceptors (Lipinski definition) is 3. The fraction of sp³-hybridized carbons (Fsp3) is 0.250. The van der Waals surface area contributed by atoms with Crippen molar-refractivity contribution in [1.29, 1.82) is 0 Å². The molecule has 2 aromatic carbocycles. The normalized spacial score (nSPS) is 20.9. The Kier molecular flexibility index (Phi) is 3.68. The third kappa shape index (κ3) is 2.53. The van der Waals surface area contributed by atoms with Gasteiger partial charge in [0.05, 0.1) is 7.11 Å². The summed E-state index contributed by atoms with van der Waals surface area (Å²) in [5, 5.41) is 0. The first-order chi connectivity index (χ1) is 9.67. The van der Waals surface area contributed by atoms with E-state index in [-0.39, 0.29) is 12.1 Å². The fourth-order valence-electron chi connectivity index (χ4n) is 2.50. The summed E-state index contributed by atoms with van der Waals surface area (Å²) in [5.74, 6) is 1.71. The van der Waals surface area contributed by atoms with E-state index >= 15 is 0 Å². The van der Waals surface area contributed by atoms with Gasteiger partial charge in [0.15, 0.2) is 0 Å². The van der Waals surface area contributed by atoms with E-state index in [4.69, 9.17) is 15.2 Å². The number of benzene rings is 2. The van der Waals surface area contributed by atoms with Crippen molar-refractivity contribution in [1.82, 2.24) is 0 Å². The minimum Gasteiger partial charge on any atom is -0.497 e. The number of methoxy groups -OCH3 is 1. The van der Waals surface area contributed by atoms with Gasteiger partial charge in [-0.05, 0) is 35.9 Å². The molecule has 2 N–H and O–H groups in total. The Morgan fingerprint density at radius 3 is 2.65 bits per heavy atom. The average molecular weight is 334 g/mol. The van der Waals surface area contributed by atoms with E-state index < -0.39 is 0 Å². The average Bonchev–Trinajstić information content (AvgIpc) is 2.48. The SMILES string of the molecule is COc1ccc(C2C[C@H](N)c3cc(Br)ccc3O2)cc1. The first-order valence-corrected chi connectivity index (χ1v) is 7.32. The zero-order chi connectivity index (χ0) is 14.1. The van der Waals surface area contributed by atoms with Crippen molar-refractivity contribution in [3.8, 4) is 11.5 Å². The molecule has 0 bridgehead atoms. The molecular weight excluding hydrogens is 318 g/mol. The lowest BCUT2D eigenvalue weighted by Crippen LogP contribution is -2.24. The highest BCUT2D eigenvalue weighted by molar-refractivity contribution is 9.10. The number of halogens is 1. The topological polar surface area (TPSA) is 44.5 Å². The maximum absolute atomic E-state index is 6.27. The molecular formula is C16H16BrNO2. The molecule has 2 atom stereocenters. The summed E-state index contributed by atoms with van der Waals surface area (Å²) in [6.07, 6.45) is 0.764. The Bertz CT molecular complexity index is 612. The summed E-state index contributed by atoms with van der Waals surface area (Å²) in [5.41, 5.74) is 8.45. The number of hydrogen-bond donors (Lipinski definition) is 1. The summed E-state index contributed by atoms with van der Waals surface area (Å²) < 4.78 is 12.3. The van der Waals surface area contributed by atoms with Crippen LogP contribution in [0.3, 0.4) is 0 Å². The van der Waals surface area contributed by atoms with E-state index in [0.29, 0.717) is 0 Å². The van der Waals surface area contributed by atoms with Gasteiger partial charge in [-0.2, -0.15) is 0 Å². The molecule has 0 radical (unpaired) electrons. The smallest absolute Gasteiger partial charge is 0.126 e. The highest BCUT2D eigenvalue weighted by Gasteiger charge is 2.27. The lowest BCUT2D eigenvalue weighted by Gasteiger charge is -2.30. The monoisotopic (exact) mass is 333 g/mol. The zero-order valence-corrected chi connectivity index (χ0v) is 12.8. The summed E-state index contributed by atoms with van der Waals surface area (Å²) in [7, 11) is 1.66. The second kappa shape index (κ2) is 5.46. The van der Waals surface area contributed by atoms with Crippen LogP contribution in [-0.2, 0) is 0 Å². The van der Waals surface area contributed by atoms with E-state index in [0.717, 1.165) is 33.5 Å². The lowest BCUT2D eigenvalue weighted by molar-refractivity contribution is 0.161. The van der Waals surface area contributed by atoms with Gasteiger partial charge in [-0.3, -0.25) is 0 Å². The molecule has 1 aliphatic heterocycles. The predicted octanol–water partition coefficient (Wildman–Crippen LogP) is 3.98. The first-order valence-electron chi connectivity index (χ1n) is 6.53. The van der Waals surface area contributed by atoms with Gasteiger partial charge in [-0.25, -0.2) is 0 Å². The van der Waals surface area contributed by atoms with Crippen LogP contribution in [0.1, 0.15) is 29.7 Å². The molecule has 20 heavy (non-hydrogen) atoms. The fourth-order valence-corrected chi connectivity index (χ4v) is 2.88. The molecule has 0 fully saturated rings. The van der Waals surface area contributed by atoms with Crippen molar-refractivity contribution in [3.05, 3.63) is 58.1 Å². The largest absolute Gasteiger partial charge is 0.497 e. The quantitative estimate of drug-likeness (QED) is 0.903. The summed E-state index contributed by atoms with van der Waals surface area (Å²) in [6, 6.07) is 13.9. The van der Waals surface area contributed by atoms with Crippen molar-refractivity contribution in [3.63, 3.8) is 0 Å². The zero-order valence-electron chi connectivity index (χ0n) is 11.2. The molecule has 2 aromatic rings. The molecule has 1 unspecified atom stereocenters. The van der Waals surface area contributed by atoms with Crippen LogP contribution in [0.25, 0.3) is 0 Å². The minimum absolute atomic E-state index is 0.00965. The number of nitrogens with two attached hydrogens (primary N) is 1. The molecule has 1 aliphatic rings. The highest BCUT2D eigenvalue weighted by atomic mass is 79.9. The van der Waals surface area contributed by atoms with Gasteiger partial charge in [0.1, 0.15) is 17.6 Å². The number of rotatable bonds is 2. The first kappa shape index (κ1) is 13.5. The van der Waals surface area contributed by atoms with Crippen LogP contribution in [0.2, 0.25) is 0 Å². The van der Waals surface area contributed by atoms with Crippen LogP contribution >= 0.6 is 15.9 Å². The van der Waals surface area contributed by atoms with E-state index in [1.807, 2.05) is 42.5 Å². The van der Waals surface area contributed by atoms with E-state index in [1.165, 1.54) is 0 Å². The van der Waals surface area contributed by atoms with Crippen LogP contribution in [0, 0.1) is 0 Å². The molecule has 3 nitrogen and oxygen atoms in total. The molecule has 0 spiro atoms. The predicted molar refractivity (Wildman–Crippen MR) is 82.1 cm³/mol. The lowest BCUT2D eigenvalue weighted by atomic mass is 9.93. The Balaban J connectivity index is 1.88. The van der Waals surface area contributed by atoms with Crippen molar-refractivity contribution in [2.75, 3.05) is 7.11 Å². The second-order valence-corrected chi connectivity index (χ2v) is 5.82. The van der Waals surface area contributed by atoms with Gasteiger partial charge < -0.3 is 15.2 Å². The molecule has 0 aliphatic carbocycles. The number of fused-ring (bicyclic) bond motifs is 1. The van der Waals surface area contributed by atoms with Gasteiger partial charge in [0.25, 0.3) is 0 Å². The Morgan fingerprint density at radius 2 is 1.95 bits per heavy atom. The summed E-state index contributed by atoms with van der Waals surface area (Å²) in [6.45, 7) is 0. The van der Waals surface area contributed by atoms with Crippen molar-refractivity contribution in [2.45, 2.75) is 18.6 Å². The third-order valence-corrected chi connectivity index (χ3v) is 4.09. The van der Waals surface area contributed by atoms with Crippen LogP contribution < -0.4 is 15.2 Å². The van der Waals surface area contributed by atoms with Crippen molar-refractivity contribution in [2.24, 2.45) is 5.73 Å². The van der Waals surface area contributed by atoms with Crippen LogP contribution in [0.5, 0.6) is 11.5 Å². The molecule has 0 saturated heterocycles. The van der Waals surface area contributed by atoms with E-state index in [9.17, 15) is 0 Å². The van der Waals surface area contributed by atoms with Gasteiger partial charge in [0.2, 0.25) is 0 Å². The Labute approximate surface area is 126 Å². The van der Waals surface area contributed by atoms with Crippen molar-refractivity contribution >= 4 is 15.9 Å². The second-order valence-electron chi connectivity index (χ2n) is 4.90. The molecule has 0 amide bonds. The van der Waals surface area contributed by atoms with E-state index in [1.54, 1.807) is 7.11 Å². The van der Waals surface area contributed by atoms with Crippen molar-refractivity contribution < 1.29 is 9.47 Å². The van der Waals surface area contributed by atoms with Crippen LogP contribution in [0.4, 0.5) is 0 Å². The molecule has 3 rings (SSSR count). The molecule has 0 aromatic heterocycles. The maximum atomic E-state index is 6.27. The minimum atomic E-state index is -0.0108. The van der Waals surface area contributed by atoms with Gasteiger partial charge in [-0.15, -0.1) is 0 Å². The number of ether oxygens (including phenoxy) is 2. The van der Waals surface area contributed by atoms with E-state index in [2.05, 4.69) is 15.9 Å². The summed E-state index contributed by atoms with van der Waals surface area (Å²) >= 11 is 3.47. The highest BCUT2D eigenvalue weighted by Crippen LogP contribution is 2.40. The third-order valence-electron chi connectivity index (χ3n) is 3.60. The molecule has 0 saturated carbocycles. The van der Waals surface area contributed by atoms with Gasteiger partial charge in [0, 0.05) is 22.5 Å². The standard InChI is InChI=1S/C16H16BrNO2/c1-19-12-5-2-10(3-6-12)16-9-14(18)13-8-11(17)4-7-15(13)20-16/h2-8,14,16H,9,18H2,1H3/t14-,16?/m0/s1. The van der Waals surface area contributed by atoms with Crippen LogP contribution in [-0.4, -0.2) is 7.11 Å². The Morgan fingerprint density at radius 1 is 1.20 bits per heavy atom.